The smallest absolute Gasteiger partial charge is 0.219 e. The van der Waals surface area contributed by atoms with E-state index in [-0.39, 0.29) is 17.2 Å². The van der Waals surface area contributed by atoms with Crippen molar-refractivity contribution >= 4 is 33.1 Å². The quantitative estimate of drug-likeness (QED) is 0.405. The van der Waals surface area contributed by atoms with Gasteiger partial charge in [0.2, 0.25) is 5.17 Å². The lowest BCUT2D eigenvalue weighted by atomic mass is 10.1. The molecule has 132 valence electrons. The molecule has 2 unspecified atom stereocenters. The van der Waals surface area contributed by atoms with Gasteiger partial charge in [-0.15, -0.1) is 0 Å². The molecule has 2 aromatic heterocycles. The molecule has 0 bridgehead atoms. The molecule has 5 N–H and O–H groups in total. The van der Waals surface area contributed by atoms with Crippen LogP contribution in [0.3, 0.4) is 0 Å². The van der Waals surface area contributed by atoms with Gasteiger partial charge in [0.1, 0.15) is 16.3 Å². The Kier molecular flexibility index (Phi) is 5.10. The Labute approximate surface area is 151 Å². The van der Waals surface area contributed by atoms with E-state index in [1.807, 2.05) is 6.07 Å². The van der Waals surface area contributed by atoms with Gasteiger partial charge in [0.05, 0.1) is 11.2 Å². The highest BCUT2D eigenvalue weighted by Crippen LogP contribution is 2.17. The molecule has 0 fully saturated rings. The number of hydrogen-bond acceptors (Lipinski definition) is 7. The third-order valence-electron chi connectivity index (χ3n) is 3.85. The summed E-state index contributed by atoms with van der Waals surface area (Å²) < 4.78 is 13.8. The van der Waals surface area contributed by atoms with Crippen LogP contribution in [-0.2, 0) is 10.8 Å². The fourth-order valence-corrected chi connectivity index (χ4v) is 3.37. The highest BCUT2D eigenvalue weighted by Gasteiger charge is 2.17. The Bertz CT molecular complexity index is 1080. The van der Waals surface area contributed by atoms with E-state index in [0.717, 1.165) is 21.8 Å². The third kappa shape index (κ3) is 3.35. The van der Waals surface area contributed by atoms with E-state index in [1.165, 1.54) is 6.07 Å². The van der Waals surface area contributed by atoms with E-state index in [9.17, 15) is 4.21 Å². The van der Waals surface area contributed by atoms with E-state index in [4.69, 9.17) is 22.0 Å². The molecule has 2 atom stereocenters. The first-order valence-corrected chi connectivity index (χ1v) is 8.91. The number of nitrogens with zero attached hydrogens (tertiary/aromatic N) is 3. The number of pyridine rings is 1. The zero-order valence-electron chi connectivity index (χ0n) is 13.7. The average Bonchev–Trinajstić information content (AvgIpc) is 2.68. The van der Waals surface area contributed by atoms with Gasteiger partial charge in [-0.3, -0.25) is 15.8 Å². The van der Waals surface area contributed by atoms with E-state index in [2.05, 4.69) is 10.1 Å². The summed E-state index contributed by atoms with van der Waals surface area (Å²) in [6, 6.07) is 11.8. The second kappa shape index (κ2) is 7.46. The lowest BCUT2D eigenvalue weighted by Gasteiger charge is -2.12. The van der Waals surface area contributed by atoms with Gasteiger partial charge in [0.15, 0.2) is 0 Å². The highest BCUT2D eigenvalue weighted by atomic mass is 32.2. The number of aromatic nitrogens is 3. The fraction of sp³-hybridized carbons (Fsp3) is 0.118. The third-order valence-corrected chi connectivity index (χ3v) is 5.05. The molecule has 0 saturated heterocycles. The van der Waals surface area contributed by atoms with Gasteiger partial charge in [-0.1, -0.05) is 6.07 Å². The first-order chi connectivity index (χ1) is 12.5. The topological polar surface area (TPSA) is 145 Å². The summed E-state index contributed by atoms with van der Waals surface area (Å²) in [6.07, 6.45) is 2.84. The Morgan fingerprint density at radius 2 is 2.12 bits per heavy atom. The van der Waals surface area contributed by atoms with Gasteiger partial charge < -0.3 is 11.1 Å². The molecule has 2 heterocycles. The molecule has 8 nitrogen and oxygen atoms in total. The summed E-state index contributed by atoms with van der Waals surface area (Å²) in [7, 11) is -1.82. The van der Waals surface area contributed by atoms with Crippen LogP contribution >= 0.6 is 0 Å². The zero-order valence-corrected chi connectivity index (χ0v) is 14.5. The molecular weight excluding hydrogens is 350 g/mol. The normalized spacial score (nSPS) is 13.3. The lowest BCUT2D eigenvalue weighted by molar-refractivity contribution is 0.685. The predicted octanol–water partition coefficient (Wildman–Crippen LogP) is 1.19. The van der Waals surface area contributed by atoms with Crippen LogP contribution in [0.2, 0.25) is 0 Å². The van der Waals surface area contributed by atoms with Crippen LogP contribution < -0.4 is 11.2 Å². The average molecular weight is 367 g/mol. The standard InChI is InChI=1S/C17H17N7OS/c18-9-12(10-19)15-5-6-16(20)24(23-15)17(21)26(25)13-3-4-14-11(8-13)2-1-7-22-14/h1-9,12,18,20-21H,10,19H2. The van der Waals surface area contributed by atoms with E-state index in [0.29, 0.717) is 10.6 Å². The number of rotatable bonds is 4. The number of nitrogens with one attached hydrogen (secondary N) is 3. The van der Waals surface area contributed by atoms with Crippen LogP contribution in [0.15, 0.2) is 53.6 Å². The zero-order chi connectivity index (χ0) is 18.7. The van der Waals surface area contributed by atoms with E-state index >= 15 is 0 Å². The monoisotopic (exact) mass is 367 g/mol. The Morgan fingerprint density at radius 1 is 1.31 bits per heavy atom. The minimum absolute atomic E-state index is 0.0738. The maximum atomic E-state index is 12.8. The van der Waals surface area contributed by atoms with Gasteiger partial charge in [-0.25, -0.2) is 4.21 Å². The van der Waals surface area contributed by atoms with Gasteiger partial charge in [0.25, 0.3) is 0 Å². The van der Waals surface area contributed by atoms with E-state index in [1.54, 1.807) is 36.5 Å². The van der Waals surface area contributed by atoms with Crippen molar-refractivity contribution in [3.8, 4) is 0 Å². The molecule has 0 spiro atoms. The van der Waals surface area contributed by atoms with Crippen LogP contribution in [0, 0.1) is 16.2 Å². The van der Waals surface area contributed by atoms with Crippen LogP contribution in [0.25, 0.3) is 10.9 Å². The molecule has 0 amide bonds. The predicted molar refractivity (Wildman–Crippen MR) is 99.9 cm³/mol. The Balaban J connectivity index is 1.99. The molecule has 0 saturated carbocycles. The van der Waals surface area contributed by atoms with Gasteiger partial charge in [-0.2, -0.15) is 9.78 Å². The highest BCUT2D eigenvalue weighted by molar-refractivity contribution is 8.00. The lowest BCUT2D eigenvalue weighted by Crippen LogP contribution is -2.33. The minimum atomic E-state index is -1.82. The Morgan fingerprint density at radius 3 is 2.85 bits per heavy atom. The number of benzene rings is 1. The van der Waals surface area contributed by atoms with Crippen LogP contribution in [-0.4, -0.2) is 36.9 Å². The van der Waals surface area contributed by atoms with Crippen LogP contribution in [0.4, 0.5) is 0 Å². The molecule has 3 aromatic rings. The van der Waals surface area contributed by atoms with Crippen molar-refractivity contribution in [2.45, 2.75) is 10.8 Å². The maximum Gasteiger partial charge on any atom is 0.219 e. The van der Waals surface area contributed by atoms with E-state index < -0.39 is 16.7 Å². The fourth-order valence-electron chi connectivity index (χ4n) is 2.42. The van der Waals surface area contributed by atoms with Gasteiger partial charge >= 0.3 is 0 Å². The molecule has 0 aliphatic heterocycles. The summed E-state index contributed by atoms with van der Waals surface area (Å²) in [5.74, 6) is -0.421. The van der Waals surface area contributed by atoms with Crippen LogP contribution in [0.5, 0.6) is 0 Å². The molecule has 0 radical (unpaired) electrons. The van der Waals surface area contributed by atoms with Crippen molar-refractivity contribution in [1.82, 2.24) is 14.8 Å². The molecule has 9 heteroatoms. The molecule has 0 aliphatic carbocycles. The second-order valence-corrected chi connectivity index (χ2v) is 6.89. The van der Waals surface area contributed by atoms with Crippen molar-refractivity contribution in [2.24, 2.45) is 5.73 Å². The second-order valence-electron chi connectivity index (χ2n) is 5.50. The Hall–Kier alpha value is -3.04. The summed E-state index contributed by atoms with van der Waals surface area (Å²) in [4.78, 5) is 4.64. The number of hydrogen-bond donors (Lipinski definition) is 4. The first-order valence-electron chi connectivity index (χ1n) is 7.76. The molecule has 0 aliphatic rings. The molecule has 1 aromatic carbocycles. The number of fused-ring (bicyclic) bond motifs is 1. The van der Waals surface area contributed by atoms with Gasteiger partial charge in [0, 0.05) is 35.2 Å². The largest absolute Gasteiger partial charge is 0.329 e. The molecular formula is C17H17N7OS. The first kappa shape index (κ1) is 17.8. The van der Waals surface area contributed by atoms with Crippen LogP contribution in [0.1, 0.15) is 11.6 Å². The van der Waals surface area contributed by atoms with Crippen molar-refractivity contribution in [2.75, 3.05) is 6.54 Å². The van der Waals surface area contributed by atoms with Crippen molar-refractivity contribution < 1.29 is 4.21 Å². The summed E-state index contributed by atoms with van der Waals surface area (Å²) in [6.45, 7) is 0.182. The van der Waals surface area contributed by atoms with Crippen molar-refractivity contribution in [3.63, 3.8) is 0 Å². The SMILES string of the molecule is N=CC(CN)c1ccc(=N)n(C(=N)S(=O)c2ccc3ncccc3c2)n1. The molecule has 3 rings (SSSR count). The van der Waals surface area contributed by atoms with Gasteiger partial charge in [-0.05, 0) is 36.4 Å². The number of nitrogens with two attached hydrogens (primary N) is 1. The maximum absolute atomic E-state index is 12.8. The van der Waals surface area contributed by atoms with Crippen molar-refractivity contribution in [3.05, 3.63) is 59.8 Å². The van der Waals surface area contributed by atoms with Crippen molar-refractivity contribution in [1.29, 1.82) is 16.2 Å². The minimum Gasteiger partial charge on any atom is -0.329 e. The molecule has 26 heavy (non-hydrogen) atoms. The summed E-state index contributed by atoms with van der Waals surface area (Å²) >= 11 is 0. The summed E-state index contributed by atoms with van der Waals surface area (Å²) in [5, 5.41) is 28.3. The summed E-state index contributed by atoms with van der Waals surface area (Å²) in [5.41, 5.74) is 6.76.